The Kier molecular flexibility index (Phi) is 4.67. The Balaban J connectivity index is 1.33. The van der Waals surface area contributed by atoms with E-state index in [9.17, 15) is 14.7 Å². The minimum atomic E-state index is -1.24. The second-order valence-corrected chi connectivity index (χ2v) is 10.4. The molecule has 31 heavy (non-hydrogen) atoms. The number of carbonyl (C=O) groups is 1. The van der Waals surface area contributed by atoms with Crippen LogP contribution in [-0.4, -0.2) is 43.7 Å². The van der Waals surface area contributed by atoms with Crippen molar-refractivity contribution in [3.05, 3.63) is 40.3 Å². The molecule has 6 nitrogen and oxygen atoms in total. The number of aromatic carboxylic acids is 1. The van der Waals surface area contributed by atoms with E-state index in [2.05, 4.69) is 9.88 Å². The SMILES string of the molecule is O=C(O)c1nc2ccccc2n(C2C[C@H]3CC[C@@H](C2)N3C2CC3CCCC(C3)C2)c1=O. The second kappa shape index (κ2) is 7.44. The van der Waals surface area contributed by atoms with Gasteiger partial charge in [0.05, 0.1) is 11.0 Å². The number of aromatic nitrogens is 2. The van der Waals surface area contributed by atoms with Crippen molar-refractivity contribution in [2.24, 2.45) is 11.8 Å². The van der Waals surface area contributed by atoms with E-state index in [1.807, 2.05) is 24.3 Å². The van der Waals surface area contributed by atoms with E-state index in [4.69, 9.17) is 0 Å². The highest BCUT2D eigenvalue weighted by atomic mass is 16.4. The smallest absolute Gasteiger partial charge is 0.360 e. The van der Waals surface area contributed by atoms with Gasteiger partial charge >= 0.3 is 5.97 Å². The van der Waals surface area contributed by atoms with Gasteiger partial charge in [0.1, 0.15) is 0 Å². The van der Waals surface area contributed by atoms with Crippen molar-refractivity contribution in [2.45, 2.75) is 88.4 Å². The molecule has 3 heterocycles. The molecule has 4 fully saturated rings. The van der Waals surface area contributed by atoms with Gasteiger partial charge in [0, 0.05) is 24.2 Å². The van der Waals surface area contributed by atoms with Crippen LogP contribution in [0, 0.1) is 11.8 Å². The van der Waals surface area contributed by atoms with Gasteiger partial charge in [0.15, 0.2) is 0 Å². The molecule has 0 spiro atoms. The molecule has 4 bridgehead atoms. The number of carboxylic acids is 1. The minimum Gasteiger partial charge on any atom is -0.476 e. The Morgan fingerprint density at radius 2 is 1.55 bits per heavy atom. The molecule has 0 radical (unpaired) electrons. The number of nitrogens with zero attached hydrogens (tertiary/aromatic N) is 3. The molecule has 2 saturated heterocycles. The van der Waals surface area contributed by atoms with E-state index in [1.165, 1.54) is 51.4 Å². The van der Waals surface area contributed by atoms with Crippen molar-refractivity contribution in [1.29, 1.82) is 0 Å². The first kappa shape index (κ1) is 19.5. The van der Waals surface area contributed by atoms with Crippen LogP contribution in [0.15, 0.2) is 29.1 Å². The summed E-state index contributed by atoms with van der Waals surface area (Å²) >= 11 is 0. The van der Waals surface area contributed by atoms with Gasteiger partial charge in [0.25, 0.3) is 5.56 Å². The maximum Gasteiger partial charge on any atom is 0.360 e. The summed E-state index contributed by atoms with van der Waals surface area (Å²) in [4.78, 5) is 31.9. The molecule has 2 aliphatic heterocycles. The summed E-state index contributed by atoms with van der Waals surface area (Å²) in [5, 5.41) is 9.57. The third-order valence-electron chi connectivity index (χ3n) is 8.65. The van der Waals surface area contributed by atoms with Gasteiger partial charge in [-0.1, -0.05) is 31.4 Å². The lowest BCUT2D eigenvalue weighted by atomic mass is 9.69. The Hall–Kier alpha value is -2.21. The zero-order valence-electron chi connectivity index (χ0n) is 17.9. The largest absolute Gasteiger partial charge is 0.476 e. The lowest BCUT2D eigenvalue weighted by Gasteiger charge is -2.49. The summed E-state index contributed by atoms with van der Waals surface area (Å²) in [6.45, 7) is 0. The number of hydrogen-bond acceptors (Lipinski definition) is 4. The number of rotatable bonds is 3. The fourth-order valence-electron chi connectivity index (χ4n) is 7.59. The van der Waals surface area contributed by atoms with E-state index in [0.717, 1.165) is 30.2 Å². The van der Waals surface area contributed by atoms with Crippen LogP contribution in [0.5, 0.6) is 0 Å². The zero-order chi connectivity index (χ0) is 21.1. The standard InChI is InChI=1S/C25H31N3O3/c29-24-23(25(30)31)26-21-6-1-2-7-22(21)28(24)20-13-17-8-9-18(14-20)27(17)19-11-15-4-3-5-16(10-15)12-19/h1-2,6-7,15-20H,3-5,8-14H2,(H,30,31)/t15?,16?,17-,18+,19?,20?. The molecule has 2 saturated carbocycles. The van der Waals surface area contributed by atoms with E-state index in [0.29, 0.717) is 23.6 Å². The third kappa shape index (κ3) is 3.22. The van der Waals surface area contributed by atoms with Crippen LogP contribution in [-0.2, 0) is 0 Å². The molecule has 2 aromatic rings. The lowest BCUT2D eigenvalue weighted by molar-refractivity contribution is 0.00786. The van der Waals surface area contributed by atoms with E-state index in [1.54, 1.807) is 4.57 Å². The third-order valence-corrected chi connectivity index (χ3v) is 8.65. The van der Waals surface area contributed by atoms with Crippen LogP contribution in [0.3, 0.4) is 0 Å². The van der Waals surface area contributed by atoms with Crippen molar-refractivity contribution in [3.63, 3.8) is 0 Å². The molecule has 4 aliphatic rings. The average Bonchev–Trinajstić information content (AvgIpc) is 3.02. The fraction of sp³-hybridized carbons (Fsp3) is 0.640. The highest BCUT2D eigenvalue weighted by Gasteiger charge is 2.47. The van der Waals surface area contributed by atoms with Gasteiger partial charge < -0.3 is 9.67 Å². The van der Waals surface area contributed by atoms with Crippen LogP contribution in [0.25, 0.3) is 11.0 Å². The summed E-state index contributed by atoms with van der Waals surface area (Å²) in [5.41, 5.74) is 0.557. The molecular formula is C25H31N3O3. The van der Waals surface area contributed by atoms with Crippen molar-refractivity contribution in [3.8, 4) is 0 Å². The predicted octanol–water partition coefficient (Wildman–Crippen LogP) is 4.23. The zero-order valence-corrected chi connectivity index (χ0v) is 17.9. The molecule has 1 aromatic heterocycles. The Bertz CT molecular complexity index is 1050. The summed E-state index contributed by atoms with van der Waals surface area (Å²) in [5.74, 6) is 0.595. The maximum atomic E-state index is 13.2. The number of para-hydroxylation sites is 2. The van der Waals surface area contributed by atoms with E-state index < -0.39 is 11.5 Å². The monoisotopic (exact) mass is 421 g/mol. The normalized spacial score (nSPS) is 35.4. The predicted molar refractivity (Wildman–Crippen MR) is 118 cm³/mol. The van der Waals surface area contributed by atoms with Gasteiger partial charge in [-0.25, -0.2) is 9.78 Å². The first-order valence-electron chi connectivity index (χ1n) is 12.1. The number of carboxylic acid groups (broad SMARTS) is 1. The summed E-state index contributed by atoms with van der Waals surface area (Å²) in [6.07, 6.45) is 12.7. The summed E-state index contributed by atoms with van der Waals surface area (Å²) < 4.78 is 1.77. The van der Waals surface area contributed by atoms with Crippen LogP contribution in [0.4, 0.5) is 0 Å². The quantitative estimate of drug-likeness (QED) is 0.803. The number of fused-ring (bicyclic) bond motifs is 5. The van der Waals surface area contributed by atoms with E-state index >= 15 is 0 Å². The van der Waals surface area contributed by atoms with Gasteiger partial charge in [-0.15, -0.1) is 0 Å². The average molecular weight is 422 g/mol. The van der Waals surface area contributed by atoms with Crippen LogP contribution in [0.2, 0.25) is 0 Å². The number of piperidine rings is 1. The maximum absolute atomic E-state index is 13.2. The lowest BCUT2D eigenvalue weighted by Crippen LogP contribution is -2.52. The Labute approximate surface area is 182 Å². The van der Waals surface area contributed by atoms with Crippen LogP contribution < -0.4 is 5.56 Å². The molecule has 1 N–H and O–H groups in total. The summed E-state index contributed by atoms with van der Waals surface area (Å²) in [7, 11) is 0. The molecular weight excluding hydrogens is 390 g/mol. The summed E-state index contributed by atoms with van der Waals surface area (Å²) in [6, 6.07) is 9.26. The molecule has 1 aromatic carbocycles. The minimum absolute atomic E-state index is 0.0512. The van der Waals surface area contributed by atoms with Crippen molar-refractivity contribution in [1.82, 2.24) is 14.5 Å². The molecule has 6 rings (SSSR count). The van der Waals surface area contributed by atoms with Crippen LogP contribution >= 0.6 is 0 Å². The van der Waals surface area contributed by atoms with Gasteiger partial charge in [-0.3, -0.25) is 9.69 Å². The molecule has 3 unspecified atom stereocenters. The van der Waals surface area contributed by atoms with Crippen molar-refractivity contribution < 1.29 is 9.90 Å². The molecule has 0 amide bonds. The second-order valence-electron chi connectivity index (χ2n) is 10.4. The van der Waals surface area contributed by atoms with Gasteiger partial charge in [-0.05, 0) is 68.9 Å². The Morgan fingerprint density at radius 1 is 0.871 bits per heavy atom. The van der Waals surface area contributed by atoms with Gasteiger partial charge in [0.2, 0.25) is 5.69 Å². The molecule has 164 valence electrons. The van der Waals surface area contributed by atoms with Gasteiger partial charge in [-0.2, -0.15) is 0 Å². The highest BCUT2D eigenvalue weighted by Crippen LogP contribution is 2.48. The highest BCUT2D eigenvalue weighted by molar-refractivity contribution is 5.88. The number of hydrogen-bond donors (Lipinski definition) is 1. The molecule has 5 atom stereocenters. The van der Waals surface area contributed by atoms with Crippen LogP contribution in [0.1, 0.15) is 80.7 Å². The Morgan fingerprint density at radius 3 is 2.23 bits per heavy atom. The first-order chi connectivity index (χ1) is 15.1. The first-order valence-corrected chi connectivity index (χ1v) is 12.1. The van der Waals surface area contributed by atoms with E-state index in [-0.39, 0.29) is 11.7 Å². The topological polar surface area (TPSA) is 75.4 Å². The molecule has 6 heteroatoms. The van der Waals surface area contributed by atoms with Crippen molar-refractivity contribution in [2.75, 3.05) is 0 Å². The fourth-order valence-corrected chi connectivity index (χ4v) is 7.59. The van der Waals surface area contributed by atoms with Crippen molar-refractivity contribution >= 4 is 17.0 Å². The number of benzene rings is 1. The molecule has 2 aliphatic carbocycles.